The van der Waals surface area contributed by atoms with E-state index < -0.39 is 0 Å². The molecular formula is C23H28N3OS+. The van der Waals surface area contributed by atoms with E-state index in [9.17, 15) is 4.79 Å². The second-order valence-corrected chi connectivity index (χ2v) is 8.98. The van der Waals surface area contributed by atoms with E-state index in [2.05, 4.69) is 38.1 Å². The summed E-state index contributed by atoms with van der Waals surface area (Å²) in [6.45, 7) is 6.80. The first-order valence-corrected chi connectivity index (χ1v) is 11.0. The molecule has 5 heteroatoms. The molecule has 0 radical (unpaired) electrons. The second kappa shape index (κ2) is 8.41. The molecule has 4 nitrogen and oxygen atoms in total. The molecule has 0 spiro atoms. The molecule has 2 aromatic carbocycles. The molecule has 1 amide bonds. The molecule has 1 aliphatic rings. The van der Waals surface area contributed by atoms with Crippen molar-refractivity contribution in [3.8, 4) is 0 Å². The average Bonchev–Trinajstić information content (AvgIpc) is 3.13. The Morgan fingerprint density at radius 2 is 1.79 bits per heavy atom. The molecule has 0 aliphatic carbocycles. The summed E-state index contributed by atoms with van der Waals surface area (Å²) in [5.74, 6) is 0.751. The molecule has 1 saturated heterocycles. The molecule has 0 unspecified atom stereocenters. The molecule has 1 fully saturated rings. The Morgan fingerprint density at radius 3 is 2.46 bits per heavy atom. The van der Waals surface area contributed by atoms with E-state index in [1.807, 2.05) is 46.6 Å². The van der Waals surface area contributed by atoms with Crippen LogP contribution in [-0.2, 0) is 4.79 Å². The lowest BCUT2D eigenvalue weighted by Crippen LogP contribution is -3.14. The highest BCUT2D eigenvalue weighted by Gasteiger charge is 2.29. The fraction of sp³-hybridized carbons (Fsp3) is 0.391. The third kappa shape index (κ3) is 4.10. The van der Waals surface area contributed by atoms with Crippen LogP contribution >= 0.6 is 11.3 Å². The first kappa shape index (κ1) is 19.1. The fourth-order valence-electron chi connectivity index (χ4n) is 4.13. The number of anilines is 1. The summed E-state index contributed by atoms with van der Waals surface area (Å²) in [6.07, 6.45) is 2.21. The Balaban J connectivity index is 1.37. The molecule has 1 N–H and O–H groups in total. The largest absolute Gasteiger partial charge is 0.327 e. The van der Waals surface area contributed by atoms with E-state index in [0.717, 1.165) is 37.1 Å². The molecule has 28 heavy (non-hydrogen) atoms. The minimum Gasteiger partial charge on any atom is -0.327 e. The van der Waals surface area contributed by atoms with Gasteiger partial charge in [-0.15, -0.1) is 11.3 Å². The van der Waals surface area contributed by atoms with Crippen LogP contribution in [0.2, 0.25) is 0 Å². The van der Waals surface area contributed by atoms with Crippen LogP contribution in [0.15, 0.2) is 54.6 Å². The number of quaternary nitrogens is 1. The second-order valence-electron chi connectivity index (χ2n) is 7.91. The minimum atomic E-state index is 0.162. The van der Waals surface area contributed by atoms with Crippen LogP contribution in [0, 0.1) is 0 Å². The number of fused-ring (bicyclic) bond motifs is 1. The first-order valence-electron chi connectivity index (χ1n) is 10.2. The first-order chi connectivity index (χ1) is 13.6. The number of hydrogen-bond donors (Lipinski definition) is 1. The van der Waals surface area contributed by atoms with Crippen molar-refractivity contribution in [1.29, 1.82) is 0 Å². The van der Waals surface area contributed by atoms with Crippen LogP contribution in [-0.4, -0.2) is 36.6 Å². The number of nitrogens with zero attached hydrogens (tertiary/aromatic N) is 2. The zero-order chi connectivity index (χ0) is 19.5. The smallest absolute Gasteiger partial charge is 0.282 e. The number of carbonyl (C=O) groups is 1. The van der Waals surface area contributed by atoms with Gasteiger partial charge in [-0.05, 0) is 38.1 Å². The molecule has 1 aliphatic heterocycles. The Hall–Kier alpha value is -2.24. The number of carbonyl (C=O) groups excluding carboxylic acids is 1. The van der Waals surface area contributed by atoms with Gasteiger partial charge in [0.15, 0.2) is 6.54 Å². The third-order valence-electron chi connectivity index (χ3n) is 5.57. The normalized spacial score (nSPS) is 19.8. The topological polar surface area (TPSA) is 37.6 Å². The molecule has 0 atom stereocenters. The number of amides is 1. The summed E-state index contributed by atoms with van der Waals surface area (Å²) in [5.41, 5.74) is 2.11. The van der Waals surface area contributed by atoms with Crippen molar-refractivity contribution in [2.24, 2.45) is 0 Å². The van der Waals surface area contributed by atoms with Gasteiger partial charge in [0.1, 0.15) is 0 Å². The summed E-state index contributed by atoms with van der Waals surface area (Å²) in [7, 11) is 0. The molecule has 4 rings (SSSR count). The molecule has 3 aromatic rings. The highest BCUT2D eigenvalue weighted by molar-refractivity contribution is 7.18. The summed E-state index contributed by atoms with van der Waals surface area (Å²) < 4.78 is 1.28. The van der Waals surface area contributed by atoms with E-state index >= 15 is 0 Å². The van der Waals surface area contributed by atoms with Gasteiger partial charge >= 0.3 is 0 Å². The number of para-hydroxylation sites is 2. The van der Waals surface area contributed by atoms with Crippen LogP contribution in [0.1, 0.15) is 37.6 Å². The lowest BCUT2D eigenvalue weighted by molar-refractivity contribution is -0.897. The molecule has 146 valence electrons. The van der Waals surface area contributed by atoms with Crippen molar-refractivity contribution in [2.75, 3.05) is 24.5 Å². The highest BCUT2D eigenvalue weighted by Crippen LogP contribution is 2.31. The van der Waals surface area contributed by atoms with Gasteiger partial charge < -0.3 is 9.80 Å². The molecule has 0 bridgehead atoms. The highest BCUT2D eigenvalue weighted by atomic mass is 32.1. The molecular weight excluding hydrogens is 366 g/mol. The number of hydrogen-bond acceptors (Lipinski definition) is 3. The average molecular weight is 395 g/mol. The van der Waals surface area contributed by atoms with Gasteiger partial charge in [-0.3, -0.25) is 4.79 Å². The van der Waals surface area contributed by atoms with Gasteiger partial charge in [0, 0.05) is 30.5 Å². The van der Waals surface area contributed by atoms with E-state index in [1.165, 1.54) is 14.6 Å². The Morgan fingerprint density at radius 1 is 1.11 bits per heavy atom. The van der Waals surface area contributed by atoms with Crippen molar-refractivity contribution in [2.45, 2.75) is 38.6 Å². The number of likely N-dealkylation sites (tertiary alicyclic amines) is 1. The maximum atomic E-state index is 13.0. The number of nitrogens with one attached hydrogen (secondary N) is 1. The van der Waals surface area contributed by atoms with E-state index in [-0.39, 0.29) is 11.9 Å². The number of piperidine rings is 1. The fourth-order valence-corrected chi connectivity index (χ4v) is 5.27. The van der Waals surface area contributed by atoms with Gasteiger partial charge in [0.25, 0.3) is 5.91 Å². The third-order valence-corrected chi connectivity index (χ3v) is 6.77. The number of thiazole rings is 1. The summed E-state index contributed by atoms with van der Waals surface area (Å²) in [4.78, 5) is 21.2. The summed E-state index contributed by atoms with van der Waals surface area (Å²) in [5, 5.41) is 1.26. The molecule has 1 aromatic heterocycles. The van der Waals surface area contributed by atoms with Crippen molar-refractivity contribution >= 4 is 33.1 Å². The van der Waals surface area contributed by atoms with Crippen molar-refractivity contribution in [3.05, 3.63) is 59.6 Å². The zero-order valence-corrected chi connectivity index (χ0v) is 17.4. The Kier molecular flexibility index (Phi) is 5.74. The summed E-state index contributed by atoms with van der Waals surface area (Å²) in [6, 6.07) is 18.6. The van der Waals surface area contributed by atoms with Gasteiger partial charge in [0.2, 0.25) is 0 Å². The van der Waals surface area contributed by atoms with Gasteiger partial charge in [-0.25, -0.2) is 4.98 Å². The molecule has 2 heterocycles. The maximum absolute atomic E-state index is 13.0. The SMILES string of the molecule is CC(C)N(C(=O)C[NH+]1CCC(c2nc3ccccc3s2)CC1)c1ccccc1. The van der Waals surface area contributed by atoms with Crippen molar-refractivity contribution in [1.82, 2.24) is 4.98 Å². The number of aromatic nitrogens is 1. The Labute approximate surface area is 170 Å². The predicted molar refractivity (Wildman–Crippen MR) is 116 cm³/mol. The lowest BCUT2D eigenvalue weighted by Gasteiger charge is -2.31. The molecule has 0 saturated carbocycles. The van der Waals surface area contributed by atoms with Crippen LogP contribution in [0.5, 0.6) is 0 Å². The maximum Gasteiger partial charge on any atom is 0.282 e. The van der Waals surface area contributed by atoms with Crippen LogP contribution in [0.25, 0.3) is 10.2 Å². The standard InChI is InChI=1S/C23H27N3OS/c1-17(2)26(19-8-4-3-5-9-19)22(27)16-25-14-12-18(13-15-25)23-24-20-10-6-7-11-21(20)28-23/h3-11,17-18H,12-16H2,1-2H3/p+1. The summed E-state index contributed by atoms with van der Waals surface area (Å²) >= 11 is 1.83. The van der Waals surface area contributed by atoms with E-state index in [0.29, 0.717) is 12.5 Å². The van der Waals surface area contributed by atoms with E-state index in [1.54, 1.807) is 0 Å². The number of rotatable bonds is 5. The van der Waals surface area contributed by atoms with Crippen LogP contribution in [0.3, 0.4) is 0 Å². The zero-order valence-electron chi connectivity index (χ0n) is 16.6. The quantitative estimate of drug-likeness (QED) is 0.719. The van der Waals surface area contributed by atoms with Crippen molar-refractivity contribution in [3.63, 3.8) is 0 Å². The number of benzene rings is 2. The van der Waals surface area contributed by atoms with E-state index in [4.69, 9.17) is 4.98 Å². The van der Waals surface area contributed by atoms with Gasteiger partial charge in [-0.2, -0.15) is 0 Å². The lowest BCUT2D eigenvalue weighted by atomic mass is 9.97. The van der Waals surface area contributed by atoms with Gasteiger partial charge in [-0.1, -0.05) is 30.3 Å². The Bertz CT molecular complexity index is 896. The van der Waals surface area contributed by atoms with Crippen LogP contribution in [0.4, 0.5) is 5.69 Å². The van der Waals surface area contributed by atoms with Gasteiger partial charge in [0.05, 0.1) is 28.3 Å². The predicted octanol–water partition coefficient (Wildman–Crippen LogP) is 3.50. The van der Waals surface area contributed by atoms with Crippen LogP contribution < -0.4 is 9.80 Å². The van der Waals surface area contributed by atoms with Crippen molar-refractivity contribution < 1.29 is 9.69 Å². The monoisotopic (exact) mass is 394 g/mol. The minimum absolute atomic E-state index is 0.162.